The molecule has 0 amide bonds. The average Bonchev–Trinajstić information content (AvgIpc) is 2.92. The van der Waals surface area contributed by atoms with Crippen LogP contribution < -0.4 is 5.32 Å². The number of aryl methyl sites for hydroxylation is 2. The number of hydrogen-bond acceptors (Lipinski definition) is 2. The summed E-state index contributed by atoms with van der Waals surface area (Å²) in [6.45, 7) is 8.60. The Kier molecular flexibility index (Phi) is 5.57. The lowest BCUT2D eigenvalue weighted by molar-refractivity contribution is 0.352. The van der Waals surface area contributed by atoms with Crippen molar-refractivity contribution < 1.29 is 0 Å². The normalized spacial score (nSPS) is 11.8. The molecule has 114 valence electrons. The molecule has 3 heteroatoms. The van der Waals surface area contributed by atoms with Gasteiger partial charge in [0, 0.05) is 24.5 Å². The molecule has 0 fully saturated rings. The molecule has 0 aliphatic rings. The molecule has 21 heavy (non-hydrogen) atoms. The van der Waals surface area contributed by atoms with E-state index in [1.807, 2.05) is 6.20 Å². The van der Waals surface area contributed by atoms with Crippen LogP contribution in [-0.4, -0.2) is 15.1 Å². The monoisotopic (exact) mass is 285 g/mol. The first-order valence-corrected chi connectivity index (χ1v) is 7.90. The first-order chi connectivity index (χ1) is 10.1. The summed E-state index contributed by atoms with van der Waals surface area (Å²) in [5.41, 5.74) is 1.51. The molecule has 0 atom stereocenters. The highest BCUT2D eigenvalue weighted by atomic mass is 15.1. The van der Waals surface area contributed by atoms with Crippen molar-refractivity contribution in [2.24, 2.45) is 0 Å². The van der Waals surface area contributed by atoms with Gasteiger partial charge in [0.15, 0.2) is 0 Å². The predicted octanol–water partition coefficient (Wildman–Crippen LogP) is 3.79. The largest absolute Gasteiger partial charge is 0.334 e. The van der Waals surface area contributed by atoms with Crippen molar-refractivity contribution in [3.05, 3.63) is 54.1 Å². The standard InChI is InChI=1S/C18H27N3/c1-4-13-21-14-12-19-17(21)15-20-18(2,3)11-10-16-8-6-5-7-9-16/h5-9,12,14,20H,4,10-11,13,15H2,1-3H3. The average molecular weight is 285 g/mol. The van der Waals surface area contributed by atoms with Gasteiger partial charge in [-0.2, -0.15) is 0 Å². The Labute approximate surface area is 128 Å². The van der Waals surface area contributed by atoms with E-state index in [0.717, 1.165) is 38.2 Å². The Balaban J connectivity index is 1.84. The third-order valence-corrected chi connectivity index (χ3v) is 3.87. The van der Waals surface area contributed by atoms with Crippen LogP contribution >= 0.6 is 0 Å². The second kappa shape index (κ2) is 7.41. The van der Waals surface area contributed by atoms with Gasteiger partial charge in [-0.3, -0.25) is 0 Å². The lowest BCUT2D eigenvalue weighted by Crippen LogP contribution is -2.39. The molecule has 0 saturated carbocycles. The molecule has 2 aromatic rings. The molecule has 3 nitrogen and oxygen atoms in total. The van der Waals surface area contributed by atoms with E-state index in [4.69, 9.17) is 0 Å². The van der Waals surface area contributed by atoms with E-state index >= 15 is 0 Å². The summed E-state index contributed by atoms with van der Waals surface area (Å²) >= 11 is 0. The molecule has 1 N–H and O–H groups in total. The van der Waals surface area contributed by atoms with Crippen LogP contribution in [0.3, 0.4) is 0 Å². The summed E-state index contributed by atoms with van der Waals surface area (Å²) in [4.78, 5) is 4.46. The molecule has 1 aromatic carbocycles. The van der Waals surface area contributed by atoms with Gasteiger partial charge in [-0.05, 0) is 38.7 Å². The van der Waals surface area contributed by atoms with Crippen molar-refractivity contribution in [2.45, 2.75) is 58.7 Å². The second-order valence-electron chi connectivity index (χ2n) is 6.26. The molecule has 0 aliphatic heterocycles. The van der Waals surface area contributed by atoms with Gasteiger partial charge in [-0.25, -0.2) is 4.98 Å². The number of nitrogens with zero attached hydrogens (tertiary/aromatic N) is 2. The fourth-order valence-corrected chi connectivity index (χ4v) is 2.46. The highest BCUT2D eigenvalue weighted by Gasteiger charge is 2.17. The van der Waals surface area contributed by atoms with Crippen LogP contribution in [0.4, 0.5) is 0 Å². The summed E-state index contributed by atoms with van der Waals surface area (Å²) in [5, 5.41) is 3.65. The quantitative estimate of drug-likeness (QED) is 0.799. The Morgan fingerprint density at radius 2 is 1.95 bits per heavy atom. The maximum Gasteiger partial charge on any atom is 0.122 e. The molecule has 0 unspecified atom stereocenters. The van der Waals surface area contributed by atoms with Crippen LogP contribution in [-0.2, 0) is 19.5 Å². The first kappa shape index (κ1) is 15.8. The van der Waals surface area contributed by atoms with E-state index in [9.17, 15) is 0 Å². The van der Waals surface area contributed by atoms with Crippen LogP contribution in [0.1, 0.15) is 45.0 Å². The van der Waals surface area contributed by atoms with Gasteiger partial charge in [-0.15, -0.1) is 0 Å². The number of rotatable bonds is 8. The van der Waals surface area contributed by atoms with E-state index < -0.39 is 0 Å². The van der Waals surface area contributed by atoms with E-state index in [1.54, 1.807) is 0 Å². The van der Waals surface area contributed by atoms with Crippen LogP contribution in [0.15, 0.2) is 42.7 Å². The van der Waals surface area contributed by atoms with Crippen LogP contribution in [0.25, 0.3) is 0 Å². The zero-order valence-electron chi connectivity index (χ0n) is 13.5. The Morgan fingerprint density at radius 1 is 1.19 bits per heavy atom. The van der Waals surface area contributed by atoms with Crippen LogP contribution in [0, 0.1) is 0 Å². The molecule has 1 aromatic heterocycles. The number of aromatic nitrogens is 2. The number of benzene rings is 1. The van der Waals surface area contributed by atoms with E-state index in [0.29, 0.717) is 0 Å². The smallest absolute Gasteiger partial charge is 0.122 e. The third-order valence-electron chi connectivity index (χ3n) is 3.87. The van der Waals surface area contributed by atoms with Crippen molar-refractivity contribution in [3.8, 4) is 0 Å². The molecular formula is C18H27N3. The van der Waals surface area contributed by atoms with Gasteiger partial charge in [0.2, 0.25) is 0 Å². The minimum atomic E-state index is 0.110. The lowest BCUT2D eigenvalue weighted by atomic mass is 9.95. The highest BCUT2D eigenvalue weighted by Crippen LogP contribution is 2.14. The highest BCUT2D eigenvalue weighted by molar-refractivity contribution is 5.15. The van der Waals surface area contributed by atoms with E-state index in [2.05, 4.69) is 72.2 Å². The predicted molar refractivity (Wildman–Crippen MR) is 88.2 cm³/mol. The van der Waals surface area contributed by atoms with Gasteiger partial charge < -0.3 is 9.88 Å². The number of nitrogens with one attached hydrogen (secondary N) is 1. The zero-order valence-corrected chi connectivity index (χ0v) is 13.5. The summed E-state index contributed by atoms with van der Waals surface area (Å²) < 4.78 is 2.24. The van der Waals surface area contributed by atoms with Crippen molar-refractivity contribution in [1.82, 2.24) is 14.9 Å². The van der Waals surface area contributed by atoms with Gasteiger partial charge in [0.1, 0.15) is 5.82 Å². The summed E-state index contributed by atoms with van der Waals surface area (Å²) in [5.74, 6) is 1.13. The van der Waals surface area contributed by atoms with Gasteiger partial charge in [0.25, 0.3) is 0 Å². The molecule has 0 aliphatic carbocycles. The van der Waals surface area contributed by atoms with Crippen molar-refractivity contribution in [1.29, 1.82) is 0 Å². The molecular weight excluding hydrogens is 258 g/mol. The fraction of sp³-hybridized carbons (Fsp3) is 0.500. The summed E-state index contributed by atoms with van der Waals surface area (Å²) in [7, 11) is 0. The lowest BCUT2D eigenvalue weighted by Gasteiger charge is -2.26. The minimum Gasteiger partial charge on any atom is -0.334 e. The molecule has 0 saturated heterocycles. The van der Waals surface area contributed by atoms with Gasteiger partial charge >= 0.3 is 0 Å². The Morgan fingerprint density at radius 3 is 2.67 bits per heavy atom. The van der Waals surface area contributed by atoms with Crippen molar-refractivity contribution in [3.63, 3.8) is 0 Å². The number of imidazole rings is 1. The van der Waals surface area contributed by atoms with Crippen LogP contribution in [0.5, 0.6) is 0 Å². The second-order valence-corrected chi connectivity index (χ2v) is 6.26. The molecule has 0 radical (unpaired) electrons. The van der Waals surface area contributed by atoms with E-state index in [1.165, 1.54) is 5.56 Å². The maximum absolute atomic E-state index is 4.46. The topological polar surface area (TPSA) is 29.9 Å². The fourth-order valence-electron chi connectivity index (χ4n) is 2.46. The Hall–Kier alpha value is -1.61. The molecule has 2 rings (SSSR count). The van der Waals surface area contributed by atoms with Crippen molar-refractivity contribution >= 4 is 0 Å². The molecule has 0 bridgehead atoms. The van der Waals surface area contributed by atoms with Crippen LogP contribution in [0.2, 0.25) is 0 Å². The van der Waals surface area contributed by atoms with Gasteiger partial charge in [-0.1, -0.05) is 37.3 Å². The van der Waals surface area contributed by atoms with Gasteiger partial charge in [0.05, 0.1) is 6.54 Å². The number of hydrogen-bond donors (Lipinski definition) is 1. The third kappa shape index (κ3) is 5.01. The van der Waals surface area contributed by atoms with Crippen molar-refractivity contribution in [2.75, 3.05) is 0 Å². The molecule has 0 spiro atoms. The zero-order chi connectivity index (χ0) is 15.1. The van der Waals surface area contributed by atoms with E-state index in [-0.39, 0.29) is 5.54 Å². The summed E-state index contributed by atoms with van der Waals surface area (Å²) in [6, 6.07) is 10.7. The maximum atomic E-state index is 4.46. The Bertz CT molecular complexity index is 528. The minimum absolute atomic E-state index is 0.110. The SMILES string of the molecule is CCCn1ccnc1CNC(C)(C)CCc1ccccc1. The summed E-state index contributed by atoms with van der Waals surface area (Å²) in [6.07, 6.45) is 7.32. The molecule has 1 heterocycles. The first-order valence-electron chi connectivity index (χ1n) is 7.90.